The highest BCUT2D eigenvalue weighted by atomic mass is 79.9. The van der Waals surface area contributed by atoms with E-state index in [1.165, 1.54) is 16.2 Å². The van der Waals surface area contributed by atoms with Gasteiger partial charge in [-0.05, 0) is 82.1 Å². The Morgan fingerprint density at radius 2 is 1.69 bits per heavy atom. The smallest absolute Gasteiger partial charge is 0.270 e. The van der Waals surface area contributed by atoms with Gasteiger partial charge in [0.05, 0.1) is 5.69 Å². The monoisotopic (exact) mass is 484 g/mol. The van der Waals surface area contributed by atoms with Gasteiger partial charge in [-0.2, -0.15) is 0 Å². The highest BCUT2D eigenvalue weighted by Gasteiger charge is 2.34. The lowest BCUT2D eigenvalue weighted by Gasteiger charge is -2.29. The molecule has 4 rings (SSSR count). The number of nitrogens with one attached hydrogen (secondary N) is 1. The summed E-state index contributed by atoms with van der Waals surface area (Å²) < 4.78 is 6.59. The second-order valence-electron chi connectivity index (χ2n) is 6.00. The standard InChI is InChI=1S/C21H13BrN2O3S2/c22-17-10-11-29-18(17)12-16-19(25)23-21(28)24(20(16)26)13-6-8-15(9-7-13)27-14-4-2-1-3-5-14/h1-12H,(H,23,25,28). The number of carbonyl (C=O) groups excluding carboxylic acids is 2. The Morgan fingerprint density at radius 3 is 2.34 bits per heavy atom. The van der Waals surface area contributed by atoms with Gasteiger partial charge in [-0.25, -0.2) is 0 Å². The zero-order valence-corrected chi connectivity index (χ0v) is 18.0. The van der Waals surface area contributed by atoms with Crippen molar-refractivity contribution in [2.45, 2.75) is 0 Å². The molecule has 0 aliphatic carbocycles. The van der Waals surface area contributed by atoms with Crippen LogP contribution in [0.25, 0.3) is 6.08 Å². The highest BCUT2D eigenvalue weighted by molar-refractivity contribution is 9.10. The Morgan fingerprint density at radius 1 is 1.00 bits per heavy atom. The summed E-state index contributed by atoms with van der Waals surface area (Å²) in [4.78, 5) is 27.5. The van der Waals surface area contributed by atoms with Crippen molar-refractivity contribution in [3.63, 3.8) is 0 Å². The second-order valence-corrected chi connectivity index (χ2v) is 8.19. The van der Waals surface area contributed by atoms with Crippen molar-refractivity contribution < 1.29 is 14.3 Å². The van der Waals surface area contributed by atoms with Crippen LogP contribution in [0.5, 0.6) is 11.5 Å². The zero-order valence-electron chi connectivity index (χ0n) is 14.8. The number of nitrogens with zero attached hydrogens (tertiary/aromatic N) is 1. The quantitative estimate of drug-likeness (QED) is 0.316. The fraction of sp³-hybridized carbons (Fsp3) is 0. The fourth-order valence-corrected chi connectivity index (χ4v) is 4.42. The van der Waals surface area contributed by atoms with Gasteiger partial charge >= 0.3 is 0 Å². The summed E-state index contributed by atoms with van der Waals surface area (Å²) in [7, 11) is 0. The van der Waals surface area contributed by atoms with Gasteiger partial charge in [0.2, 0.25) is 0 Å². The first-order chi connectivity index (χ1) is 14.0. The first kappa shape index (κ1) is 19.5. The van der Waals surface area contributed by atoms with E-state index in [1.807, 2.05) is 41.8 Å². The molecule has 0 spiro atoms. The van der Waals surface area contributed by atoms with E-state index in [1.54, 1.807) is 30.3 Å². The number of halogens is 1. The molecular weight excluding hydrogens is 472 g/mol. The fourth-order valence-electron chi connectivity index (χ4n) is 2.72. The van der Waals surface area contributed by atoms with E-state index in [0.29, 0.717) is 17.2 Å². The SMILES string of the molecule is O=C1NC(=S)N(c2ccc(Oc3ccccc3)cc2)C(=O)C1=Cc1sccc1Br. The molecule has 1 saturated heterocycles. The van der Waals surface area contributed by atoms with Crippen LogP contribution in [0.15, 0.2) is 76.1 Å². The molecule has 0 unspecified atom stereocenters. The predicted molar refractivity (Wildman–Crippen MR) is 121 cm³/mol. The van der Waals surface area contributed by atoms with Crippen LogP contribution in [-0.4, -0.2) is 16.9 Å². The molecule has 1 aliphatic heterocycles. The van der Waals surface area contributed by atoms with Crippen LogP contribution in [0.2, 0.25) is 0 Å². The molecule has 0 saturated carbocycles. The van der Waals surface area contributed by atoms with E-state index < -0.39 is 11.8 Å². The van der Waals surface area contributed by atoms with Gasteiger partial charge in [0.1, 0.15) is 17.1 Å². The van der Waals surface area contributed by atoms with Crippen LogP contribution in [0, 0.1) is 0 Å². The van der Waals surface area contributed by atoms with E-state index in [-0.39, 0.29) is 10.7 Å². The number of thiocarbonyl (C=S) groups is 1. The first-order valence-corrected chi connectivity index (χ1v) is 10.6. The Balaban J connectivity index is 1.60. The van der Waals surface area contributed by atoms with Gasteiger partial charge in [-0.15, -0.1) is 11.3 Å². The molecule has 1 N–H and O–H groups in total. The molecule has 1 aliphatic rings. The summed E-state index contributed by atoms with van der Waals surface area (Å²) >= 11 is 10.1. The van der Waals surface area contributed by atoms with E-state index in [2.05, 4.69) is 21.2 Å². The van der Waals surface area contributed by atoms with E-state index in [9.17, 15) is 9.59 Å². The van der Waals surface area contributed by atoms with Crippen LogP contribution >= 0.6 is 39.5 Å². The van der Waals surface area contributed by atoms with Crippen molar-refractivity contribution >= 4 is 68.2 Å². The Hall–Kier alpha value is -2.81. The number of hydrogen-bond donors (Lipinski definition) is 1. The van der Waals surface area contributed by atoms with Crippen molar-refractivity contribution in [2.75, 3.05) is 4.90 Å². The molecule has 8 heteroatoms. The number of hydrogen-bond acceptors (Lipinski definition) is 5. The molecule has 144 valence electrons. The Bertz CT molecular complexity index is 1120. The molecular formula is C21H13BrN2O3S2. The number of ether oxygens (including phenoxy) is 1. The molecule has 0 radical (unpaired) electrons. The van der Waals surface area contributed by atoms with Crippen molar-refractivity contribution in [3.05, 3.63) is 81.0 Å². The summed E-state index contributed by atoms with van der Waals surface area (Å²) in [6.07, 6.45) is 1.56. The van der Waals surface area contributed by atoms with Crippen molar-refractivity contribution in [1.29, 1.82) is 0 Å². The molecule has 2 heterocycles. The summed E-state index contributed by atoms with van der Waals surface area (Å²) in [5, 5.41) is 4.49. The van der Waals surface area contributed by atoms with Crippen LogP contribution in [0.1, 0.15) is 4.88 Å². The molecule has 0 bridgehead atoms. The van der Waals surface area contributed by atoms with E-state index in [0.717, 1.165) is 9.35 Å². The van der Waals surface area contributed by atoms with Crippen LogP contribution < -0.4 is 15.0 Å². The molecule has 0 atom stereocenters. The minimum Gasteiger partial charge on any atom is -0.457 e. The molecule has 2 aromatic carbocycles. The van der Waals surface area contributed by atoms with E-state index in [4.69, 9.17) is 17.0 Å². The third kappa shape index (κ3) is 4.14. The van der Waals surface area contributed by atoms with Gasteiger partial charge in [0.25, 0.3) is 11.8 Å². The average molecular weight is 485 g/mol. The number of benzene rings is 2. The molecule has 5 nitrogen and oxygen atoms in total. The number of rotatable bonds is 4. The summed E-state index contributed by atoms with van der Waals surface area (Å²) in [5.74, 6) is 0.345. The number of carbonyl (C=O) groups is 2. The number of amides is 2. The second kappa shape index (κ2) is 8.28. The number of thiophene rings is 1. The molecule has 3 aromatic rings. The maximum Gasteiger partial charge on any atom is 0.270 e. The van der Waals surface area contributed by atoms with Gasteiger partial charge < -0.3 is 4.74 Å². The summed E-state index contributed by atoms with van der Waals surface area (Å²) in [6.45, 7) is 0. The lowest BCUT2D eigenvalue weighted by Crippen LogP contribution is -2.54. The summed E-state index contributed by atoms with van der Waals surface area (Å²) in [5.41, 5.74) is 0.558. The lowest BCUT2D eigenvalue weighted by molar-refractivity contribution is -0.122. The Labute approximate surface area is 184 Å². The first-order valence-electron chi connectivity index (χ1n) is 8.50. The molecule has 1 fully saturated rings. The van der Waals surface area contributed by atoms with Crippen molar-refractivity contribution in [1.82, 2.24) is 5.32 Å². The van der Waals surface area contributed by atoms with Gasteiger partial charge in [-0.1, -0.05) is 18.2 Å². The Kier molecular flexibility index (Phi) is 5.57. The normalized spacial score (nSPS) is 15.6. The van der Waals surface area contributed by atoms with Gasteiger partial charge in [-0.3, -0.25) is 19.8 Å². The maximum absolute atomic E-state index is 13.0. The minimum atomic E-state index is -0.513. The van der Waals surface area contributed by atoms with Gasteiger partial charge in [0.15, 0.2) is 5.11 Å². The van der Waals surface area contributed by atoms with Crippen LogP contribution in [0.4, 0.5) is 5.69 Å². The molecule has 2 amide bonds. The third-order valence-electron chi connectivity index (χ3n) is 4.10. The topological polar surface area (TPSA) is 58.6 Å². The third-order valence-corrected chi connectivity index (χ3v) is 6.20. The zero-order chi connectivity index (χ0) is 20.4. The summed E-state index contributed by atoms with van der Waals surface area (Å²) in [6, 6.07) is 18.2. The maximum atomic E-state index is 13.0. The average Bonchev–Trinajstić information content (AvgIpc) is 3.12. The lowest BCUT2D eigenvalue weighted by atomic mass is 10.1. The molecule has 1 aromatic heterocycles. The van der Waals surface area contributed by atoms with Crippen molar-refractivity contribution in [3.8, 4) is 11.5 Å². The largest absolute Gasteiger partial charge is 0.457 e. The van der Waals surface area contributed by atoms with Crippen LogP contribution in [-0.2, 0) is 9.59 Å². The number of para-hydroxylation sites is 1. The van der Waals surface area contributed by atoms with Crippen LogP contribution in [0.3, 0.4) is 0 Å². The molecule has 29 heavy (non-hydrogen) atoms. The van der Waals surface area contributed by atoms with E-state index >= 15 is 0 Å². The minimum absolute atomic E-state index is 0.0198. The van der Waals surface area contributed by atoms with Crippen molar-refractivity contribution in [2.24, 2.45) is 0 Å². The number of anilines is 1. The highest BCUT2D eigenvalue weighted by Crippen LogP contribution is 2.29. The predicted octanol–water partition coefficient (Wildman–Crippen LogP) is 5.13. The van der Waals surface area contributed by atoms with Gasteiger partial charge in [0, 0.05) is 9.35 Å².